The highest BCUT2D eigenvalue weighted by Gasteiger charge is 2.74. The molecule has 5 aliphatic rings. The van der Waals surface area contributed by atoms with Crippen LogP contribution in [0.4, 0.5) is 4.79 Å². The maximum absolute atomic E-state index is 13.6. The van der Waals surface area contributed by atoms with Crippen LogP contribution in [0, 0.1) is 23.2 Å². The third-order valence-electron chi connectivity index (χ3n) is 9.94. The van der Waals surface area contributed by atoms with Gasteiger partial charge in [-0.3, -0.25) is 0 Å². The van der Waals surface area contributed by atoms with E-state index in [9.17, 15) is 13.2 Å². The average molecular weight is 504 g/mol. The summed E-state index contributed by atoms with van der Waals surface area (Å²) in [4.78, 5) is 13.2. The number of rotatable bonds is 7. The van der Waals surface area contributed by atoms with Gasteiger partial charge in [-0.25, -0.2) is 13.2 Å². The van der Waals surface area contributed by atoms with Gasteiger partial charge in [0, 0.05) is 30.7 Å². The van der Waals surface area contributed by atoms with Crippen LogP contribution in [-0.4, -0.2) is 57.6 Å². The van der Waals surface area contributed by atoms with E-state index in [1.807, 2.05) is 0 Å². The fraction of sp³-hybridized carbons (Fsp3) is 0.731. The average Bonchev–Trinajstić information content (AvgIpc) is 3.17. The summed E-state index contributed by atoms with van der Waals surface area (Å²) in [6, 6.07) is 4.34. The summed E-state index contributed by atoms with van der Waals surface area (Å²) in [7, 11) is -0.798. The van der Waals surface area contributed by atoms with Gasteiger partial charge in [0.2, 0.25) is 10.0 Å². The Morgan fingerprint density at radius 3 is 2.71 bits per heavy atom. The molecule has 1 saturated heterocycles. The molecule has 4 saturated carbocycles. The van der Waals surface area contributed by atoms with Gasteiger partial charge in [-0.05, 0) is 86.7 Å². The molecule has 2 amide bonds. The molecule has 6 rings (SSSR count). The van der Waals surface area contributed by atoms with E-state index in [0.717, 1.165) is 49.9 Å². The van der Waals surface area contributed by atoms with Gasteiger partial charge in [0.25, 0.3) is 0 Å². The summed E-state index contributed by atoms with van der Waals surface area (Å²) in [6.45, 7) is 0.741. The van der Waals surface area contributed by atoms with Gasteiger partial charge in [0.15, 0.2) is 0 Å². The molecule has 1 heterocycles. The Morgan fingerprint density at radius 1 is 1.09 bits per heavy atom. The van der Waals surface area contributed by atoms with Crippen molar-refractivity contribution in [3.8, 4) is 11.5 Å². The van der Waals surface area contributed by atoms with E-state index < -0.39 is 10.0 Å². The van der Waals surface area contributed by atoms with Crippen molar-refractivity contribution >= 4 is 16.1 Å². The summed E-state index contributed by atoms with van der Waals surface area (Å²) in [5, 5.41) is 6.47. The number of carbonyl (C=O) groups is 1. The first kappa shape index (κ1) is 23.4. The maximum Gasteiger partial charge on any atom is 0.315 e. The van der Waals surface area contributed by atoms with E-state index in [-0.39, 0.29) is 28.3 Å². The van der Waals surface area contributed by atoms with Crippen molar-refractivity contribution < 1.29 is 22.7 Å². The molecule has 3 bridgehead atoms. The normalized spacial score (nSPS) is 37.4. The number of methoxy groups -OCH3 is 2. The zero-order valence-electron chi connectivity index (χ0n) is 20.7. The van der Waals surface area contributed by atoms with Crippen molar-refractivity contribution in [3.63, 3.8) is 0 Å². The highest BCUT2D eigenvalue weighted by molar-refractivity contribution is 7.89. The number of nitrogens with one attached hydrogen (secondary N) is 2. The van der Waals surface area contributed by atoms with Gasteiger partial charge in [-0.1, -0.05) is 6.42 Å². The summed E-state index contributed by atoms with van der Waals surface area (Å²) in [6.07, 6.45) is 9.97. The van der Waals surface area contributed by atoms with Gasteiger partial charge in [-0.15, -0.1) is 0 Å². The van der Waals surface area contributed by atoms with E-state index in [1.54, 1.807) is 16.4 Å². The number of ether oxygens (including phenoxy) is 2. The monoisotopic (exact) mass is 503 g/mol. The van der Waals surface area contributed by atoms with Crippen LogP contribution >= 0.6 is 0 Å². The number of piperidine rings is 1. The smallest absolute Gasteiger partial charge is 0.315 e. The fourth-order valence-corrected chi connectivity index (χ4v) is 10.5. The van der Waals surface area contributed by atoms with Crippen molar-refractivity contribution in [2.24, 2.45) is 23.2 Å². The first-order valence-electron chi connectivity index (χ1n) is 13.1. The molecule has 35 heavy (non-hydrogen) atoms. The Bertz CT molecular complexity index is 1120. The molecular weight excluding hydrogens is 466 g/mol. The number of amides is 2. The zero-order valence-corrected chi connectivity index (χ0v) is 21.5. The summed E-state index contributed by atoms with van der Waals surface area (Å²) in [5.74, 6) is 3.22. The van der Waals surface area contributed by atoms with Crippen LogP contribution in [0.15, 0.2) is 23.1 Å². The van der Waals surface area contributed by atoms with Gasteiger partial charge >= 0.3 is 6.03 Å². The number of sulfonamides is 1. The Kier molecular flexibility index (Phi) is 5.53. The third-order valence-corrected chi connectivity index (χ3v) is 11.9. The van der Waals surface area contributed by atoms with E-state index in [4.69, 9.17) is 9.47 Å². The molecule has 0 aromatic heterocycles. The minimum Gasteiger partial charge on any atom is -0.497 e. The largest absolute Gasteiger partial charge is 0.497 e. The van der Waals surface area contributed by atoms with Crippen LogP contribution < -0.4 is 20.1 Å². The number of benzene rings is 1. The first-order valence-corrected chi connectivity index (χ1v) is 14.5. The maximum atomic E-state index is 13.6. The number of hydrogen-bond acceptors (Lipinski definition) is 5. The van der Waals surface area contributed by atoms with Crippen LogP contribution in [0.25, 0.3) is 0 Å². The van der Waals surface area contributed by atoms with Crippen molar-refractivity contribution in [2.75, 3.05) is 27.3 Å². The lowest BCUT2D eigenvalue weighted by Crippen LogP contribution is -2.68. The Hall–Kier alpha value is -2.00. The number of carbonyl (C=O) groups excluding carboxylic acids is 1. The van der Waals surface area contributed by atoms with Gasteiger partial charge in [-0.2, -0.15) is 4.31 Å². The molecule has 9 heteroatoms. The Balaban J connectivity index is 1.14. The van der Waals surface area contributed by atoms with Gasteiger partial charge < -0.3 is 20.1 Å². The fourth-order valence-electron chi connectivity index (χ4n) is 8.69. The zero-order chi connectivity index (χ0) is 24.4. The number of urea groups is 1. The van der Waals surface area contributed by atoms with Crippen LogP contribution in [-0.2, 0) is 10.0 Å². The molecule has 1 aromatic carbocycles. The Morgan fingerprint density at radius 2 is 1.91 bits per heavy atom. The molecule has 6 atom stereocenters. The summed E-state index contributed by atoms with van der Waals surface area (Å²) < 4.78 is 39.4. The van der Waals surface area contributed by atoms with E-state index in [1.165, 1.54) is 46.0 Å². The lowest BCUT2D eigenvalue weighted by atomic mass is 9.51. The van der Waals surface area contributed by atoms with E-state index in [0.29, 0.717) is 24.3 Å². The molecule has 2 N–H and O–H groups in total. The molecule has 6 unspecified atom stereocenters. The minimum absolute atomic E-state index is 0.0353. The second kappa shape index (κ2) is 8.26. The highest BCUT2D eigenvalue weighted by Crippen LogP contribution is 2.77. The van der Waals surface area contributed by atoms with Crippen molar-refractivity contribution in [3.05, 3.63) is 18.2 Å². The van der Waals surface area contributed by atoms with E-state index >= 15 is 0 Å². The van der Waals surface area contributed by atoms with Crippen molar-refractivity contribution in [2.45, 2.75) is 74.3 Å². The van der Waals surface area contributed by atoms with Crippen LogP contribution in [0.2, 0.25) is 0 Å². The van der Waals surface area contributed by atoms with Crippen molar-refractivity contribution in [1.82, 2.24) is 14.9 Å². The van der Waals surface area contributed by atoms with Crippen LogP contribution in [0.1, 0.15) is 57.8 Å². The van der Waals surface area contributed by atoms with Crippen LogP contribution in [0.5, 0.6) is 11.5 Å². The molecule has 5 fully saturated rings. The lowest BCUT2D eigenvalue weighted by molar-refractivity contribution is -0.0457. The minimum atomic E-state index is -3.79. The SMILES string of the molecule is COc1ccc(S(=O)(=O)N2CCCCC2CNC(=O)NC23CC4CC5CC(C2)C3(C5)C4)c(OC)c1. The predicted molar refractivity (Wildman–Crippen MR) is 131 cm³/mol. The van der Waals surface area contributed by atoms with Gasteiger partial charge in [0.05, 0.1) is 14.2 Å². The summed E-state index contributed by atoms with van der Waals surface area (Å²) >= 11 is 0. The van der Waals surface area contributed by atoms with Crippen LogP contribution in [0.3, 0.4) is 0 Å². The molecule has 1 aromatic rings. The van der Waals surface area contributed by atoms with Crippen molar-refractivity contribution in [1.29, 1.82) is 0 Å². The molecular formula is C26H37N3O5S. The van der Waals surface area contributed by atoms with Gasteiger partial charge in [0.1, 0.15) is 16.4 Å². The predicted octanol–water partition coefficient (Wildman–Crippen LogP) is 3.52. The second-order valence-corrected chi connectivity index (χ2v) is 13.4. The quantitative estimate of drug-likeness (QED) is 0.594. The lowest BCUT2D eigenvalue weighted by Gasteiger charge is -2.59. The second-order valence-electron chi connectivity index (χ2n) is 11.6. The molecule has 0 radical (unpaired) electrons. The molecule has 192 valence electrons. The standard InChI is InChI=1S/C26H37N3O5S/c1-33-21-6-7-23(22(11-21)34-2)35(31,32)29-8-4-3-5-20(29)16-27-24(30)28-26-14-18-9-17-10-19(15-26)25(26,12-17)13-18/h6-7,11,17-20H,3-5,8-10,12-16H2,1-2H3,(H2,27,28,30). The highest BCUT2D eigenvalue weighted by atomic mass is 32.2. The third kappa shape index (κ3) is 3.48. The molecule has 1 aliphatic heterocycles. The number of nitrogens with zero attached hydrogens (tertiary/aromatic N) is 1. The number of hydrogen-bond donors (Lipinski definition) is 2. The summed E-state index contributed by atoms with van der Waals surface area (Å²) in [5.41, 5.74) is 0.301. The molecule has 1 spiro atoms. The van der Waals surface area contributed by atoms with E-state index in [2.05, 4.69) is 10.6 Å². The molecule has 8 nitrogen and oxygen atoms in total. The Labute approximate surface area is 208 Å². The first-order chi connectivity index (χ1) is 16.8. The molecule has 4 aliphatic carbocycles. The topological polar surface area (TPSA) is 97.0 Å². The number of fused-ring (bicyclic) bond motifs is 2.